The van der Waals surface area contributed by atoms with Gasteiger partial charge < -0.3 is 10.1 Å². The summed E-state index contributed by atoms with van der Waals surface area (Å²) in [7, 11) is 1.93. The van der Waals surface area contributed by atoms with Gasteiger partial charge in [0.25, 0.3) is 0 Å². The van der Waals surface area contributed by atoms with Crippen molar-refractivity contribution in [2.75, 3.05) is 19.0 Å². The van der Waals surface area contributed by atoms with Gasteiger partial charge in [-0.2, -0.15) is 0 Å². The third kappa shape index (κ3) is 2.32. The van der Waals surface area contributed by atoms with E-state index in [4.69, 9.17) is 4.74 Å². The first kappa shape index (κ1) is 13.5. The van der Waals surface area contributed by atoms with E-state index in [-0.39, 0.29) is 0 Å². The zero-order valence-electron chi connectivity index (χ0n) is 12.8. The van der Waals surface area contributed by atoms with Gasteiger partial charge in [0, 0.05) is 19.2 Å². The Labute approximate surface area is 122 Å². The highest BCUT2D eigenvalue weighted by Gasteiger charge is 2.50. The Morgan fingerprint density at radius 2 is 2.00 bits per heavy atom. The molecule has 3 aliphatic rings. The van der Waals surface area contributed by atoms with Gasteiger partial charge in [0.15, 0.2) is 0 Å². The number of hydrogen-bond acceptors (Lipinski definition) is 2. The van der Waals surface area contributed by atoms with E-state index in [2.05, 4.69) is 37.4 Å². The van der Waals surface area contributed by atoms with Gasteiger partial charge in [-0.3, -0.25) is 0 Å². The van der Waals surface area contributed by atoms with Crippen LogP contribution in [-0.2, 0) is 0 Å². The van der Waals surface area contributed by atoms with E-state index in [0.717, 1.165) is 36.3 Å². The fourth-order valence-corrected chi connectivity index (χ4v) is 3.76. The molecule has 0 saturated heterocycles. The Hall–Kier alpha value is -1.44. The minimum absolute atomic E-state index is 0.526. The van der Waals surface area contributed by atoms with Crippen molar-refractivity contribution in [2.24, 2.45) is 17.3 Å². The molecule has 1 N–H and O–H groups in total. The Bertz CT molecular complexity index is 501. The molecule has 2 unspecified atom stereocenters. The Morgan fingerprint density at radius 1 is 1.25 bits per heavy atom. The number of allylic oxidation sites excluding steroid dienone is 1. The zero-order chi connectivity index (χ0) is 14.2. The van der Waals surface area contributed by atoms with Crippen LogP contribution in [0, 0.1) is 17.3 Å². The molecule has 3 aliphatic carbocycles. The first-order valence-electron chi connectivity index (χ1n) is 7.71. The van der Waals surface area contributed by atoms with Crippen molar-refractivity contribution in [1.29, 1.82) is 0 Å². The summed E-state index contributed by atoms with van der Waals surface area (Å²) in [5.41, 5.74) is 3.28. The summed E-state index contributed by atoms with van der Waals surface area (Å²) < 4.78 is 5.87. The SMILES string of the molecule is CNc1ccc(OCCC2=CCC3CC2C3(C)C)cc1. The largest absolute Gasteiger partial charge is 0.493 e. The molecule has 0 radical (unpaired) electrons. The van der Waals surface area contributed by atoms with Crippen LogP contribution >= 0.6 is 0 Å². The fraction of sp³-hybridized carbons (Fsp3) is 0.556. The van der Waals surface area contributed by atoms with Gasteiger partial charge >= 0.3 is 0 Å². The van der Waals surface area contributed by atoms with Crippen molar-refractivity contribution in [3.8, 4) is 5.75 Å². The summed E-state index contributed by atoms with van der Waals surface area (Å²) in [6.07, 6.45) is 6.22. The van der Waals surface area contributed by atoms with Gasteiger partial charge in [0.05, 0.1) is 6.61 Å². The lowest BCUT2D eigenvalue weighted by Gasteiger charge is -2.56. The first-order valence-corrected chi connectivity index (χ1v) is 7.71. The molecule has 108 valence electrons. The molecule has 2 nitrogen and oxygen atoms in total. The zero-order valence-corrected chi connectivity index (χ0v) is 12.8. The third-order valence-corrected chi connectivity index (χ3v) is 5.39. The standard InChI is InChI=1S/C18H25NO/c1-18(2)14-5-4-13(17(18)12-14)10-11-20-16-8-6-15(19-3)7-9-16/h4,6-9,14,17,19H,5,10-12H2,1-3H3. The van der Waals surface area contributed by atoms with Gasteiger partial charge in [-0.25, -0.2) is 0 Å². The second-order valence-electron chi connectivity index (χ2n) is 6.69. The number of benzene rings is 1. The summed E-state index contributed by atoms with van der Waals surface area (Å²) in [5, 5.41) is 3.12. The second kappa shape index (κ2) is 5.16. The molecule has 2 bridgehead atoms. The quantitative estimate of drug-likeness (QED) is 0.797. The molecular formula is C18H25NO. The number of fused-ring (bicyclic) bond motifs is 1. The highest BCUT2D eigenvalue weighted by molar-refractivity contribution is 5.45. The van der Waals surface area contributed by atoms with E-state index in [1.165, 1.54) is 12.8 Å². The molecule has 0 spiro atoms. The normalized spacial score (nSPS) is 26.4. The monoisotopic (exact) mass is 271 g/mol. The summed E-state index contributed by atoms with van der Waals surface area (Å²) in [4.78, 5) is 0. The number of ether oxygens (including phenoxy) is 1. The highest BCUT2D eigenvalue weighted by Crippen LogP contribution is 2.59. The van der Waals surface area contributed by atoms with E-state index in [9.17, 15) is 0 Å². The second-order valence-corrected chi connectivity index (χ2v) is 6.69. The molecule has 1 saturated carbocycles. The van der Waals surface area contributed by atoms with Gasteiger partial charge in [-0.05, 0) is 54.4 Å². The van der Waals surface area contributed by atoms with Gasteiger partial charge in [0.2, 0.25) is 0 Å². The maximum atomic E-state index is 5.87. The Morgan fingerprint density at radius 3 is 2.60 bits per heavy atom. The van der Waals surface area contributed by atoms with E-state index in [0.29, 0.717) is 5.41 Å². The van der Waals surface area contributed by atoms with Gasteiger partial charge in [-0.15, -0.1) is 0 Å². The lowest BCUT2D eigenvalue weighted by molar-refractivity contribution is -0.00917. The average Bonchev–Trinajstić information content (AvgIpc) is 2.48. The maximum Gasteiger partial charge on any atom is 0.119 e. The van der Waals surface area contributed by atoms with Crippen LogP contribution in [0.5, 0.6) is 5.75 Å². The van der Waals surface area contributed by atoms with Crippen LogP contribution in [0.15, 0.2) is 35.9 Å². The van der Waals surface area contributed by atoms with E-state index < -0.39 is 0 Å². The van der Waals surface area contributed by atoms with Crippen molar-refractivity contribution in [1.82, 2.24) is 0 Å². The molecule has 1 fully saturated rings. The van der Waals surface area contributed by atoms with E-state index in [1.54, 1.807) is 5.57 Å². The van der Waals surface area contributed by atoms with Crippen molar-refractivity contribution in [3.63, 3.8) is 0 Å². The summed E-state index contributed by atoms with van der Waals surface area (Å²) >= 11 is 0. The number of anilines is 1. The van der Waals surface area contributed by atoms with Gasteiger partial charge in [-0.1, -0.05) is 25.5 Å². The predicted octanol–water partition coefficient (Wildman–Crippen LogP) is 4.49. The molecule has 20 heavy (non-hydrogen) atoms. The van der Waals surface area contributed by atoms with Crippen LogP contribution in [0.4, 0.5) is 5.69 Å². The molecule has 0 aliphatic heterocycles. The lowest BCUT2D eigenvalue weighted by Crippen LogP contribution is -2.48. The third-order valence-electron chi connectivity index (χ3n) is 5.39. The van der Waals surface area contributed by atoms with Crippen LogP contribution in [0.2, 0.25) is 0 Å². The molecular weight excluding hydrogens is 246 g/mol. The summed E-state index contributed by atoms with van der Waals surface area (Å²) in [6, 6.07) is 8.17. The predicted molar refractivity (Wildman–Crippen MR) is 84.2 cm³/mol. The molecule has 0 aromatic heterocycles. The van der Waals surface area contributed by atoms with Crippen LogP contribution in [-0.4, -0.2) is 13.7 Å². The van der Waals surface area contributed by atoms with Crippen molar-refractivity contribution in [3.05, 3.63) is 35.9 Å². The Kier molecular flexibility index (Phi) is 3.49. The minimum Gasteiger partial charge on any atom is -0.493 e. The topological polar surface area (TPSA) is 21.3 Å². The van der Waals surface area contributed by atoms with Crippen LogP contribution in [0.3, 0.4) is 0 Å². The average molecular weight is 271 g/mol. The summed E-state index contributed by atoms with van der Waals surface area (Å²) in [6.45, 7) is 5.65. The van der Waals surface area contributed by atoms with E-state index >= 15 is 0 Å². The number of hydrogen-bond donors (Lipinski definition) is 1. The maximum absolute atomic E-state index is 5.87. The fourth-order valence-electron chi connectivity index (χ4n) is 3.76. The molecule has 0 heterocycles. The summed E-state index contributed by atoms with van der Waals surface area (Å²) in [5.74, 6) is 2.69. The van der Waals surface area contributed by atoms with Crippen LogP contribution in [0.25, 0.3) is 0 Å². The molecule has 2 atom stereocenters. The van der Waals surface area contributed by atoms with E-state index in [1.807, 2.05) is 19.2 Å². The van der Waals surface area contributed by atoms with Gasteiger partial charge in [0.1, 0.15) is 5.75 Å². The van der Waals surface area contributed by atoms with Crippen LogP contribution in [0.1, 0.15) is 33.1 Å². The van der Waals surface area contributed by atoms with Crippen molar-refractivity contribution >= 4 is 5.69 Å². The highest BCUT2D eigenvalue weighted by atomic mass is 16.5. The Balaban J connectivity index is 1.51. The minimum atomic E-state index is 0.526. The number of nitrogens with one attached hydrogen (secondary N) is 1. The molecule has 1 aromatic rings. The van der Waals surface area contributed by atoms with Crippen molar-refractivity contribution in [2.45, 2.75) is 33.1 Å². The molecule has 1 aromatic carbocycles. The molecule has 2 heteroatoms. The van der Waals surface area contributed by atoms with Crippen molar-refractivity contribution < 1.29 is 4.74 Å². The first-order chi connectivity index (χ1) is 9.61. The number of rotatable bonds is 5. The van der Waals surface area contributed by atoms with Crippen LogP contribution < -0.4 is 10.1 Å². The lowest BCUT2D eigenvalue weighted by atomic mass is 9.48. The smallest absolute Gasteiger partial charge is 0.119 e. The molecule has 4 rings (SSSR count). The molecule has 0 amide bonds.